The van der Waals surface area contributed by atoms with E-state index in [0.717, 1.165) is 30.7 Å². The van der Waals surface area contributed by atoms with Crippen molar-refractivity contribution in [2.75, 3.05) is 26.2 Å². The lowest BCUT2D eigenvalue weighted by Gasteiger charge is -2.33. The Hall–Kier alpha value is -2.90. The number of fused-ring (bicyclic) bond motifs is 1. The van der Waals surface area contributed by atoms with Gasteiger partial charge in [-0.05, 0) is 17.7 Å². The van der Waals surface area contributed by atoms with Crippen LogP contribution in [0.5, 0.6) is 0 Å². The van der Waals surface area contributed by atoms with Crippen LogP contribution in [0.1, 0.15) is 5.56 Å². The molecule has 1 unspecified atom stereocenters. The van der Waals surface area contributed by atoms with E-state index in [2.05, 4.69) is 22.3 Å². The maximum Gasteiger partial charge on any atom is 0.329 e. The molecule has 1 N–H and O–H groups in total. The normalized spacial score (nSPS) is 17.5. The Morgan fingerprint density at radius 3 is 2.62 bits per heavy atom. The third-order valence-electron chi connectivity index (χ3n) is 5.35. The van der Waals surface area contributed by atoms with Crippen LogP contribution in [0.2, 0.25) is 0 Å². The zero-order valence-corrected chi connectivity index (χ0v) is 16.6. The van der Waals surface area contributed by atoms with Crippen LogP contribution < -0.4 is 11.0 Å². The second-order valence-corrected chi connectivity index (χ2v) is 7.43. The number of benzene rings is 2. The Bertz CT molecular complexity index is 1040. The van der Waals surface area contributed by atoms with Gasteiger partial charge in [-0.15, -0.1) is 0 Å². The minimum atomic E-state index is -0.190. The Labute approximate surface area is 169 Å². The van der Waals surface area contributed by atoms with Crippen LogP contribution in [0, 0.1) is 0 Å². The van der Waals surface area contributed by atoms with Gasteiger partial charge in [0.2, 0.25) is 5.91 Å². The van der Waals surface area contributed by atoms with E-state index in [1.54, 1.807) is 11.6 Å². The summed E-state index contributed by atoms with van der Waals surface area (Å²) in [7, 11) is 1.72. The zero-order chi connectivity index (χ0) is 20.2. The number of imidazole rings is 1. The molecule has 1 aliphatic heterocycles. The van der Waals surface area contributed by atoms with E-state index in [9.17, 15) is 9.59 Å². The summed E-state index contributed by atoms with van der Waals surface area (Å²) in [6.07, 6.45) is -0.0550. The summed E-state index contributed by atoms with van der Waals surface area (Å²) in [5.41, 5.74) is 2.66. The van der Waals surface area contributed by atoms with Gasteiger partial charge in [-0.1, -0.05) is 42.5 Å². The fourth-order valence-electron chi connectivity index (χ4n) is 3.83. The summed E-state index contributed by atoms with van der Waals surface area (Å²) < 4.78 is 8.89. The van der Waals surface area contributed by atoms with Gasteiger partial charge >= 0.3 is 5.69 Å². The van der Waals surface area contributed by atoms with Crippen molar-refractivity contribution in [3.8, 4) is 0 Å². The van der Waals surface area contributed by atoms with Crippen LogP contribution in [0.4, 0.5) is 0 Å². The number of aryl methyl sites for hydroxylation is 1. The molecule has 2 aromatic carbocycles. The number of para-hydroxylation sites is 2. The number of hydrogen-bond donors (Lipinski definition) is 1. The van der Waals surface area contributed by atoms with Crippen molar-refractivity contribution in [1.82, 2.24) is 19.4 Å². The number of morpholine rings is 1. The van der Waals surface area contributed by atoms with Crippen LogP contribution in [0.3, 0.4) is 0 Å². The summed E-state index contributed by atoms with van der Waals surface area (Å²) >= 11 is 0. The molecule has 1 aliphatic rings. The molecule has 1 atom stereocenters. The second kappa shape index (κ2) is 8.63. The fraction of sp³-hybridized carbons (Fsp3) is 0.364. The first-order chi connectivity index (χ1) is 14.1. The van der Waals surface area contributed by atoms with Gasteiger partial charge in [-0.2, -0.15) is 0 Å². The van der Waals surface area contributed by atoms with Gasteiger partial charge in [0.15, 0.2) is 0 Å². The summed E-state index contributed by atoms with van der Waals surface area (Å²) in [4.78, 5) is 27.3. The highest BCUT2D eigenvalue weighted by Gasteiger charge is 2.21. The highest BCUT2D eigenvalue weighted by molar-refractivity contribution is 5.80. The van der Waals surface area contributed by atoms with Crippen molar-refractivity contribution in [1.29, 1.82) is 0 Å². The van der Waals surface area contributed by atoms with Crippen LogP contribution in [-0.4, -0.2) is 52.3 Å². The number of rotatable bonds is 6. The lowest BCUT2D eigenvalue weighted by Crippen LogP contribution is -2.47. The Morgan fingerprint density at radius 2 is 1.83 bits per heavy atom. The number of aromatic nitrogens is 2. The van der Waals surface area contributed by atoms with E-state index in [1.807, 2.05) is 42.5 Å². The number of hydrogen-bond acceptors (Lipinski definition) is 4. The van der Waals surface area contributed by atoms with Crippen molar-refractivity contribution in [3.63, 3.8) is 0 Å². The van der Waals surface area contributed by atoms with E-state index < -0.39 is 0 Å². The lowest BCUT2D eigenvalue weighted by molar-refractivity contribution is -0.122. The number of carbonyl (C=O) groups excluding carboxylic acids is 1. The summed E-state index contributed by atoms with van der Waals surface area (Å²) in [6.45, 7) is 3.61. The summed E-state index contributed by atoms with van der Waals surface area (Å²) in [6, 6.07) is 17.8. The topological polar surface area (TPSA) is 68.5 Å². The smallest absolute Gasteiger partial charge is 0.329 e. The van der Waals surface area contributed by atoms with Crippen LogP contribution in [-0.2, 0) is 29.7 Å². The van der Waals surface area contributed by atoms with Gasteiger partial charge in [-0.3, -0.25) is 18.8 Å². The summed E-state index contributed by atoms with van der Waals surface area (Å²) in [5.74, 6) is -0.188. The summed E-state index contributed by atoms with van der Waals surface area (Å²) in [5, 5.41) is 2.93. The molecule has 152 valence electrons. The molecule has 7 nitrogen and oxygen atoms in total. The minimum Gasteiger partial charge on any atom is -0.374 e. The van der Waals surface area contributed by atoms with E-state index in [0.29, 0.717) is 13.2 Å². The first-order valence-electron chi connectivity index (χ1n) is 9.90. The molecular weight excluding hydrogens is 368 g/mol. The number of ether oxygens (including phenoxy) is 1. The van der Waals surface area contributed by atoms with Gasteiger partial charge in [-0.25, -0.2) is 4.79 Å². The minimum absolute atomic E-state index is 0.000631. The van der Waals surface area contributed by atoms with Gasteiger partial charge < -0.3 is 10.1 Å². The molecule has 29 heavy (non-hydrogen) atoms. The first-order valence-corrected chi connectivity index (χ1v) is 9.90. The molecule has 3 aromatic rings. The molecule has 1 amide bonds. The molecule has 1 fully saturated rings. The second-order valence-electron chi connectivity index (χ2n) is 7.43. The average Bonchev–Trinajstić information content (AvgIpc) is 2.98. The Kier molecular flexibility index (Phi) is 5.78. The van der Waals surface area contributed by atoms with Crippen molar-refractivity contribution < 1.29 is 9.53 Å². The van der Waals surface area contributed by atoms with Gasteiger partial charge in [0.25, 0.3) is 0 Å². The third-order valence-corrected chi connectivity index (χ3v) is 5.35. The maximum absolute atomic E-state index is 12.5. The van der Waals surface area contributed by atoms with E-state index >= 15 is 0 Å². The van der Waals surface area contributed by atoms with Gasteiger partial charge in [0.1, 0.15) is 6.54 Å². The Morgan fingerprint density at radius 1 is 1.10 bits per heavy atom. The molecule has 4 rings (SSSR count). The van der Waals surface area contributed by atoms with Gasteiger partial charge in [0, 0.05) is 33.2 Å². The number of nitrogens with one attached hydrogen (secondary N) is 1. The predicted octanol–water partition coefficient (Wildman–Crippen LogP) is 1.36. The highest BCUT2D eigenvalue weighted by Crippen LogP contribution is 2.12. The van der Waals surface area contributed by atoms with E-state index in [1.165, 1.54) is 10.1 Å². The fourth-order valence-corrected chi connectivity index (χ4v) is 3.83. The molecule has 0 radical (unpaired) electrons. The quantitative estimate of drug-likeness (QED) is 0.686. The van der Waals surface area contributed by atoms with Crippen LogP contribution in [0.25, 0.3) is 11.0 Å². The van der Waals surface area contributed by atoms with Crippen molar-refractivity contribution in [3.05, 3.63) is 70.6 Å². The average molecular weight is 394 g/mol. The standard InChI is InChI=1S/C22H26N4O3/c1-24-19-9-5-6-10-20(19)26(22(24)28)16-21(27)23-13-18-15-25(11-12-29-18)14-17-7-3-2-4-8-17/h2-10,18H,11-16H2,1H3,(H,23,27). The molecule has 0 saturated carbocycles. The van der Waals surface area contributed by atoms with E-state index in [-0.39, 0.29) is 24.2 Å². The third kappa shape index (κ3) is 4.41. The lowest BCUT2D eigenvalue weighted by atomic mass is 10.2. The van der Waals surface area contributed by atoms with Crippen molar-refractivity contribution >= 4 is 16.9 Å². The maximum atomic E-state index is 12.5. The van der Waals surface area contributed by atoms with E-state index in [4.69, 9.17) is 4.74 Å². The van der Waals surface area contributed by atoms with Gasteiger partial charge in [0.05, 0.1) is 23.7 Å². The largest absolute Gasteiger partial charge is 0.374 e. The highest BCUT2D eigenvalue weighted by atomic mass is 16.5. The number of carbonyl (C=O) groups is 1. The van der Waals surface area contributed by atoms with Crippen molar-refractivity contribution in [2.24, 2.45) is 7.05 Å². The van der Waals surface area contributed by atoms with Crippen molar-refractivity contribution in [2.45, 2.75) is 19.2 Å². The molecule has 1 aromatic heterocycles. The monoisotopic (exact) mass is 394 g/mol. The zero-order valence-electron chi connectivity index (χ0n) is 16.6. The molecular formula is C22H26N4O3. The molecule has 7 heteroatoms. The SMILES string of the molecule is Cn1c(=O)n(CC(=O)NCC2CN(Cc3ccccc3)CCO2)c2ccccc21. The predicted molar refractivity (Wildman–Crippen MR) is 112 cm³/mol. The molecule has 0 aliphatic carbocycles. The molecule has 2 heterocycles. The Balaban J connectivity index is 1.33. The van der Waals surface area contributed by atoms with Crippen LogP contribution in [0.15, 0.2) is 59.4 Å². The number of amides is 1. The molecule has 0 spiro atoms. The number of nitrogens with zero attached hydrogens (tertiary/aromatic N) is 3. The first kappa shape index (κ1) is 19.4. The van der Waals surface area contributed by atoms with Crippen LogP contribution >= 0.6 is 0 Å². The molecule has 0 bridgehead atoms. The molecule has 1 saturated heterocycles.